The Morgan fingerprint density at radius 2 is 1.96 bits per heavy atom. The summed E-state index contributed by atoms with van der Waals surface area (Å²) in [6, 6.07) is 8.40. The number of allylic oxidation sites excluding steroid dienone is 2. The molecule has 2 aromatic heterocycles. The van der Waals surface area contributed by atoms with Crippen LogP contribution in [-0.2, 0) is 0 Å². The number of benzene rings is 1. The van der Waals surface area contributed by atoms with Crippen LogP contribution in [0.25, 0.3) is 22.0 Å². The van der Waals surface area contributed by atoms with E-state index < -0.39 is 0 Å². The van der Waals surface area contributed by atoms with Gasteiger partial charge in [0.2, 0.25) is 0 Å². The zero-order valence-corrected chi connectivity index (χ0v) is 14.1. The Labute approximate surface area is 140 Å². The first-order chi connectivity index (χ1) is 11.6. The Balaban J connectivity index is 2.08. The van der Waals surface area contributed by atoms with Crippen LogP contribution in [-0.4, -0.2) is 9.38 Å². The fourth-order valence-corrected chi connectivity index (χ4v) is 4.69. The number of fused-ring (bicyclic) bond motifs is 9. The van der Waals surface area contributed by atoms with Crippen molar-refractivity contribution in [2.75, 3.05) is 0 Å². The number of pyridine rings is 1. The molecule has 0 spiro atoms. The highest BCUT2D eigenvalue weighted by Gasteiger charge is 2.31. The summed E-state index contributed by atoms with van der Waals surface area (Å²) in [5.74, 6) is 0.545. The third-order valence-electron chi connectivity index (χ3n) is 5.86. The average Bonchev–Trinajstić information content (AvgIpc) is 2.61. The molecule has 24 heavy (non-hydrogen) atoms. The minimum atomic E-state index is -0.118. The van der Waals surface area contributed by atoms with Crippen LogP contribution < -0.4 is 5.56 Å². The maximum atomic E-state index is 12.2. The second kappa shape index (κ2) is 4.79. The Morgan fingerprint density at radius 3 is 2.79 bits per heavy atom. The standard InChI is InChI=1S/C21H20N2O/c1-12-11-23-19-15-7-5-6-14(10-15)13(2)18(19)16-8-3-4-9-17(16)20(23)22-21(12)24/h3-4,8-9,11,15H,5-7,10H2,1-2H3. The lowest BCUT2D eigenvalue weighted by molar-refractivity contribution is 0.501. The summed E-state index contributed by atoms with van der Waals surface area (Å²) in [7, 11) is 0. The fraction of sp³-hybridized carbons (Fsp3) is 0.333. The van der Waals surface area contributed by atoms with Crippen molar-refractivity contribution in [1.82, 2.24) is 9.38 Å². The zero-order valence-electron chi connectivity index (χ0n) is 14.1. The molecule has 1 saturated carbocycles. The molecule has 1 atom stereocenters. The van der Waals surface area contributed by atoms with Gasteiger partial charge in [-0.3, -0.25) is 4.79 Å². The number of aryl methyl sites for hydroxylation is 1. The molecule has 0 radical (unpaired) electrons. The molecule has 5 rings (SSSR count). The minimum absolute atomic E-state index is 0.118. The molecule has 0 aliphatic heterocycles. The van der Waals surface area contributed by atoms with Crippen molar-refractivity contribution in [3.63, 3.8) is 0 Å². The molecule has 3 aromatic rings. The summed E-state index contributed by atoms with van der Waals surface area (Å²) in [6.07, 6.45) is 6.88. The van der Waals surface area contributed by atoms with Gasteiger partial charge in [0.05, 0.1) is 0 Å². The van der Waals surface area contributed by atoms with E-state index in [0.29, 0.717) is 11.5 Å². The lowest BCUT2D eigenvalue weighted by Gasteiger charge is -2.35. The van der Waals surface area contributed by atoms with Gasteiger partial charge in [-0.25, -0.2) is 0 Å². The van der Waals surface area contributed by atoms with Crippen LogP contribution in [0.4, 0.5) is 0 Å². The molecule has 2 aliphatic rings. The van der Waals surface area contributed by atoms with Gasteiger partial charge in [-0.05, 0) is 50.5 Å². The highest BCUT2D eigenvalue weighted by atomic mass is 16.1. The van der Waals surface area contributed by atoms with E-state index in [1.54, 1.807) is 5.57 Å². The molecule has 120 valence electrons. The summed E-state index contributed by atoms with van der Waals surface area (Å²) in [5.41, 5.74) is 7.21. The maximum absolute atomic E-state index is 12.2. The molecule has 3 heteroatoms. The van der Waals surface area contributed by atoms with E-state index in [9.17, 15) is 4.79 Å². The third-order valence-corrected chi connectivity index (χ3v) is 5.86. The molecule has 0 N–H and O–H groups in total. The number of aromatic nitrogens is 2. The van der Waals surface area contributed by atoms with Gasteiger partial charge in [0, 0.05) is 34.3 Å². The molecular formula is C21H20N2O. The van der Waals surface area contributed by atoms with Crippen molar-refractivity contribution in [2.24, 2.45) is 0 Å². The van der Waals surface area contributed by atoms with Crippen molar-refractivity contribution >= 4 is 22.0 Å². The van der Waals surface area contributed by atoms with Crippen molar-refractivity contribution in [2.45, 2.75) is 45.4 Å². The zero-order chi connectivity index (χ0) is 16.4. The Hall–Kier alpha value is -2.42. The molecule has 3 nitrogen and oxygen atoms in total. The Kier molecular flexibility index (Phi) is 2.79. The van der Waals surface area contributed by atoms with E-state index in [-0.39, 0.29) is 5.56 Å². The average molecular weight is 316 g/mol. The third kappa shape index (κ3) is 1.73. The number of rotatable bonds is 0. The topological polar surface area (TPSA) is 34.4 Å². The molecule has 1 fully saturated rings. The normalized spacial score (nSPS) is 19.8. The summed E-state index contributed by atoms with van der Waals surface area (Å²) >= 11 is 0. The maximum Gasteiger partial charge on any atom is 0.276 e. The van der Waals surface area contributed by atoms with E-state index in [0.717, 1.165) is 17.5 Å². The molecule has 2 bridgehead atoms. The number of hydrogen-bond donors (Lipinski definition) is 0. The lowest BCUT2D eigenvalue weighted by atomic mass is 9.73. The van der Waals surface area contributed by atoms with Gasteiger partial charge in [0.25, 0.3) is 5.56 Å². The monoisotopic (exact) mass is 316 g/mol. The van der Waals surface area contributed by atoms with Crippen LogP contribution in [0.5, 0.6) is 0 Å². The summed E-state index contributed by atoms with van der Waals surface area (Å²) < 4.78 is 2.21. The highest BCUT2D eigenvalue weighted by Crippen LogP contribution is 2.48. The van der Waals surface area contributed by atoms with Crippen LogP contribution in [0.3, 0.4) is 0 Å². The van der Waals surface area contributed by atoms with E-state index in [2.05, 4.69) is 34.5 Å². The van der Waals surface area contributed by atoms with E-state index in [1.807, 2.05) is 19.2 Å². The van der Waals surface area contributed by atoms with Gasteiger partial charge in [0.1, 0.15) is 5.65 Å². The van der Waals surface area contributed by atoms with Crippen LogP contribution in [0.2, 0.25) is 0 Å². The lowest BCUT2D eigenvalue weighted by Crippen LogP contribution is -2.22. The number of nitrogens with zero attached hydrogens (tertiary/aromatic N) is 2. The van der Waals surface area contributed by atoms with Crippen molar-refractivity contribution in [3.8, 4) is 0 Å². The van der Waals surface area contributed by atoms with E-state index in [1.165, 1.54) is 41.5 Å². The van der Waals surface area contributed by atoms with Crippen LogP contribution in [0.15, 0.2) is 40.8 Å². The fourth-order valence-electron chi connectivity index (χ4n) is 4.69. The second-order valence-electron chi connectivity index (χ2n) is 7.25. The molecule has 0 amide bonds. The quantitative estimate of drug-likeness (QED) is 0.568. The number of hydrogen-bond acceptors (Lipinski definition) is 2. The highest BCUT2D eigenvalue weighted by molar-refractivity contribution is 6.02. The molecule has 0 saturated heterocycles. The van der Waals surface area contributed by atoms with Gasteiger partial charge in [-0.2, -0.15) is 4.98 Å². The predicted octanol–water partition coefficient (Wildman–Crippen LogP) is 4.60. The van der Waals surface area contributed by atoms with Crippen LogP contribution >= 0.6 is 0 Å². The molecule has 2 aliphatic carbocycles. The summed E-state index contributed by atoms with van der Waals surface area (Å²) in [6.45, 7) is 4.14. The van der Waals surface area contributed by atoms with Crippen LogP contribution in [0.1, 0.15) is 55.3 Å². The first-order valence-corrected chi connectivity index (χ1v) is 8.79. The van der Waals surface area contributed by atoms with Gasteiger partial charge >= 0.3 is 0 Å². The minimum Gasteiger partial charge on any atom is -0.304 e. The first-order valence-electron chi connectivity index (χ1n) is 8.79. The van der Waals surface area contributed by atoms with Gasteiger partial charge < -0.3 is 4.40 Å². The summed E-state index contributed by atoms with van der Waals surface area (Å²) in [5, 5.41) is 2.32. The van der Waals surface area contributed by atoms with Crippen LogP contribution in [0, 0.1) is 6.92 Å². The molecular weight excluding hydrogens is 296 g/mol. The van der Waals surface area contributed by atoms with Crippen molar-refractivity contribution < 1.29 is 0 Å². The largest absolute Gasteiger partial charge is 0.304 e. The molecule has 2 heterocycles. The first kappa shape index (κ1) is 14.0. The SMILES string of the molecule is CC1=C2CCCC(C2)c2c1c1ccccc1c1nc(=O)c(C)cn21. The Bertz CT molecular complexity index is 1100. The smallest absolute Gasteiger partial charge is 0.276 e. The van der Waals surface area contributed by atoms with Crippen molar-refractivity contribution in [1.29, 1.82) is 0 Å². The predicted molar refractivity (Wildman–Crippen MR) is 97.5 cm³/mol. The molecule has 1 unspecified atom stereocenters. The van der Waals surface area contributed by atoms with Gasteiger partial charge in [-0.1, -0.05) is 29.8 Å². The summed E-state index contributed by atoms with van der Waals surface area (Å²) in [4.78, 5) is 16.6. The van der Waals surface area contributed by atoms with E-state index in [4.69, 9.17) is 0 Å². The second-order valence-corrected chi connectivity index (χ2v) is 7.25. The van der Waals surface area contributed by atoms with Crippen molar-refractivity contribution in [3.05, 3.63) is 63.2 Å². The van der Waals surface area contributed by atoms with Gasteiger partial charge in [-0.15, -0.1) is 0 Å². The Morgan fingerprint density at radius 1 is 1.17 bits per heavy atom. The van der Waals surface area contributed by atoms with Gasteiger partial charge in [0.15, 0.2) is 0 Å². The molecule has 1 aromatic carbocycles. The van der Waals surface area contributed by atoms with E-state index >= 15 is 0 Å².